The fourth-order valence-electron chi connectivity index (χ4n) is 3.54. The lowest BCUT2D eigenvalue weighted by Crippen LogP contribution is -2.27. The molecule has 1 heterocycles. The molecule has 1 amide bonds. The molecule has 138 valence electrons. The molecule has 1 aliphatic carbocycles. The van der Waals surface area contributed by atoms with E-state index in [2.05, 4.69) is 4.72 Å². The van der Waals surface area contributed by atoms with E-state index >= 15 is 0 Å². The van der Waals surface area contributed by atoms with E-state index in [9.17, 15) is 13.2 Å². The molecule has 3 rings (SSSR count). The number of hydrogen-bond acceptors (Lipinski definition) is 4. The fraction of sp³-hybridized carbons (Fsp3) is 0.611. The number of nitrogens with one attached hydrogen (secondary N) is 1. The molecule has 1 saturated carbocycles. The highest BCUT2D eigenvalue weighted by molar-refractivity contribution is 8.00. The topological polar surface area (TPSA) is 66.5 Å². The van der Waals surface area contributed by atoms with Crippen LogP contribution in [0.1, 0.15) is 44.1 Å². The van der Waals surface area contributed by atoms with Crippen molar-refractivity contribution in [3.8, 4) is 0 Å². The maximum Gasteiger partial charge on any atom is 0.240 e. The summed E-state index contributed by atoms with van der Waals surface area (Å²) in [7, 11) is -3.50. The van der Waals surface area contributed by atoms with Gasteiger partial charge in [0.1, 0.15) is 0 Å². The molecular weight excluding hydrogens is 356 g/mol. The van der Waals surface area contributed by atoms with Crippen LogP contribution >= 0.6 is 11.8 Å². The first-order valence-corrected chi connectivity index (χ1v) is 11.5. The van der Waals surface area contributed by atoms with Crippen LogP contribution in [-0.2, 0) is 14.8 Å². The molecule has 0 radical (unpaired) electrons. The predicted molar refractivity (Wildman–Crippen MR) is 103 cm³/mol. The fourth-order valence-corrected chi connectivity index (χ4v) is 6.01. The van der Waals surface area contributed by atoms with Crippen molar-refractivity contribution < 1.29 is 13.2 Å². The van der Waals surface area contributed by atoms with Gasteiger partial charge in [0.25, 0.3) is 0 Å². The van der Waals surface area contributed by atoms with Crippen molar-refractivity contribution in [1.82, 2.24) is 4.72 Å². The predicted octanol–water partition coefficient (Wildman–Crippen LogP) is 3.08. The van der Waals surface area contributed by atoms with E-state index in [1.54, 1.807) is 23.1 Å². The first-order valence-electron chi connectivity index (χ1n) is 9.00. The van der Waals surface area contributed by atoms with Crippen molar-refractivity contribution in [1.29, 1.82) is 0 Å². The number of rotatable bonds is 7. The summed E-state index contributed by atoms with van der Waals surface area (Å²) in [4.78, 5) is 13.9. The van der Waals surface area contributed by atoms with Gasteiger partial charge in [0.05, 0.1) is 4.90 Å². The summed E-state index contributed by atoms with van der Waals surface area (Å²) in [5.74, 6) is 0.921. The van der Waals surface area contributed by atoms with Gasteiger partial charge in [-0.2, -0.15) is 11.8 Å². The van der Waals surface area contributed by atoms with Gasteiger partial charge >= 0.3 is 0 Å². The van der Waals surface area contributed by atoms with Crippen LogP contribution in [0.15, 0.2) is 23.1 Å². The summed E-state index contributed by atoms with van der Waals surface area (Å²) in [6, 6.07) is 5.01. The average Bonchev–Trinajstić information content (AvgIpc) is 3.23. The molecule has 1 aliphatic heterocycles. The number of benzene rings is 1. The number of carbonyl (C=O) groups is 1. The van der Waals surface area contributed by atoms with Gasteiger partial charge in [-0.05, 0) is 49.9 Å². The molecule has 1 saturated heterocycles. The lowest BCUT2D eigenvalue weighted by Gasteiger charge is -2.19. The normalized spacial score (nSPS) is 19.1. The second kappa shape index (κ2) is 8.10. The quantitative estimate of drug-likeness (QED) is 0.736. The third kappa shape index (κ3) is 4.57. The monoisotopic (exact) mass is 382 g/mol. The summed E-state index contributed by atoms with van der Waals surface area (Å²) in [6.45, 7) is 3.02. The number of thioether (sulfide) groups is 1. The molecule has 5 nitrogen and oxygen atoms in total. The third-order valence-electron chi connectivity index (χ3n) is 4.89. The van der Waals surface area contributed by atoms with Crippen LogP contribution < -0.4 is 9.62 Å². The van der Waals surface area contributed by atoms with Crippen LogP contribution in [0.4, 0.5) is 5.69 Å². The second-order valence-corrected chi connectivity index (χ2v) is 9.95. The zero-order valence-electron chi connectivity index (χ0n) is 14.7. The highest BCUT2D eigenvalue weighted by Crippen LogP contribution is 2.29. The number of sulfonamides is 1. The first-order chi connectivity index (χ1) is 12.0. The van der Waals surface area contributed by atoms with Crippen molar-refractivity contribution in [2.24, 2.45) is 0 Å². The summed E-state index contributed by atoms with van der Waals surface area (Å²) >= 11 is 1.87. The Morgan fingerprint density at radius 1 is 1.24 bits per heavy atom. The Bertz CT molecular complexity index is 728. The molecule has 1 N–H and O–H groups in total. The van der Waals surface area contributed by atoms with Gasteiger partial charge in [0.2, 0.25) is 15.9 Å². The van der Waals surface area contributed by atoms with E-state index in [0.29, 0.717) is 24.8 Å². The number of carbonyl (C=O) groups excluding carboxylic acids is 1. The van der Waals surface area contributed by atoms with E-state index in [1.807, 2.05) is 18.7 Å². The molecule has 0 spiro atoms. The Balaban J connectivity index is 1.59. The third-order valence-corrected chi connectivity index (χ3v) is 7.73. The van der Waals surface area contributed by atoms with Crippen molar-refractivity contribution in [2.75, 3.05) is 23.7 Å². The van der Waals surface area contributed by atoms with Gasteiger partial charge in [0, 0.05) is 36.2 Å². The summed E-state index contributed by atoms with van der Waals surface area (Å²) in [5.41, 5.74) is 1.64. The number of hydrogen-bond donors (Lipinski definition) is 1. The minimum Gasteiger partial charge on any atom is -0.312 e. The molecule has 25 heavy (non-hydrogen) atoms. The molecule has 1 aromatic carbocycles. The molecule has 0 bridgehead atoms. The van der Waals surface area contributed by atoms with E-state index in [0.717, 1.165) is 23.4 Å². The maximum absolute atomic E-state index is 12.5. The van der Waals surface area contributed by atoms with E-state index in [4.69, 9.17) is 0 Å². The molecular formula is C18H26N2O3S2. The van der Waals surface area contributed by atoms with Gasteiger partial charge in [0.15, 0.2) is 0 Å². The van der Waals surface area contributed by atoms with Gasteiger partial charge in [-0.25, -0.2) is 13.1 Å². The van der Waals surface area contributed by atoms with Gasteiger partial charge in [-0.15, -0.1) is 0 Å². The van der Waals surface area contributed by atoms with Crippen LogP contribution in [0.5, 0.6) is 0 Å². The SMILES string of the molecule is Cc1cc(S(=O)(=O)NCCSC2CCCC2)ccc1N1CCCC1=O. The van der Waals surface area contributed by atoms with E-state index in [1.165, 1.54) is 25.7 Å². The minimum absolute atomic E-state index is 0.112. The van der Waals surface area contributed by atoms with Crippen molar-refractivity contribution in [3.05, 3.63) is 23.8 Å². The first kappa shape index (κ1) is 18.7. The lowest BCUT2D eigenvalue weighted by atomic mass is 10.2. The average molecular weight is 383 g/mol. The summed E-state index contributed by atoms with van der Waals surface area (Å²) in [6.07, 6.45) is 6.54. The molecule has 2 fully saturated rings. The van der Waals surface area contributed by atoms with E-state index < -0.39 is 10.0 Å². The smallest absolute Gasteiger partial charge is 0.240 e. The largest absolute Gasteiger partial charge is 0.312 e. The summed E-state index contributed by atoms with van der Waals surface area (Å²) in [5, 5.41) is 0.698. The highest BCUT2D eigenvalue weighted by atomic mass is 32.2. The van der Waals surface area contributed by atoms with Gasteiger partial charge < -0.3 is 4.90 Å². The highest BCUT2D eigenvalue weighted by Gasteiger charge is 2.24. The number of nitrogens with zero attached hydrogens (tertiary/aromatic N) is 1. The Morgan fingerprint density at radius 3 is 2.64 bits per heavy atom. The van der Waals surface area contributed by atoms with Gasteiger partial charge in [-0.1, -0.05) is 12.8 Å². The van der Waals surface area contributed by atoms with Crippen LogP contribution in [0, 0.1) is 6.92 Å². The van der Waals surface area contributed by atoms with Crippen LogP contribution in [0.25, 0.3) is 0 Å². The number of aryl methyl sites for hydroxylation is 1. The van der Waals surface area contributed by atoms with Crippen molar-refractivity contribution >= 4 is 33.4 Å². The molecule has 0 aromatic heterocycles. The number of amides is 1. The summed E-state index contributed by atoms with van der Waals surface area (Å²) < 4.78 is 27.6. The number of anilines is 1. The lowest BCUT2D eigenvalue weighted by molar-refractivity contribution is -0.117. The van der Waals surface area contributed by atoms with Crippen molar-refractivity contribution in [3.63, 3.8) is 0 Å². The Kier molecular flexibility index (Phi) is 6.07. The zero-order valence-corrected chi connectivity index (χ0v) is 16.3. The van der Waals surface area contributed by atoms with Crippen LogP contribution in [-0.4, -0.2) is 38.4 Å². The van der Waals surface area contributed by atoms with Crippen molar-refractivity contribution in [2.45, 2.75) is 55.6 Å². The molecule has 1 aromatic rings. The zero-order chi connectivity index (χ0) is 17.9. The standard InChI is InChI=1S/C18H26N2O3S2/c1-14-13-16(8-9-17(14)20-11-4-7-18(20)21)25(22,23)19-10-12-24-15-5-2-3-6-15/h8-9,13,15,19H,2-7,10-12H2,1H3. The molecule has 0 unspecified atom stereocenters. The molecule has 7 heteroatoms. The van der Waals surface area contributed by atoms with Gasteiger partial charge in [-0.3, -0.25) is 4.79 Å². The van der Waals surface area contributed by atoms with Crippen LogP contribution in [0.3, 0.4) is 0 Å². The maximum atomic E-state index is 12.5. The Labute approximate surface area is 154 Å². The van der Waals surface area contributed by atoms with E-state index in [-0.39, 0.29) is 10.8 Å². The Hall–Kier alpha value is -1.05. The second-order valence-electron chi connectivity index (χ2n) is 6.77. The molecule has 0 atom stereocenters. The Morgan fingerprint density at radius 2 is 2.00 bits per heavy atom. The minimum atomic E-state index is -3.50. The van der Waals surface area contributed by atoms with Crippen LogP contribution in [0.2, 0.25) is 0 Å². The molecule has 2 aliphatic rings.